The standard InChI is InChI=1S/C23H25N3O3S/c1-16-11-17(2)14-25(13-16)22(27)15-29-23(28)20-12-19(21-9-6-10-30-21)24-26(20)18-7-4-3-5-8-18/h3-10,12,16-17H,11,13-15H2,1-2H3. The van der Waals surface area contributed by atoms with Crippen LogP contribution in [0.25, 0.3) is 16.3 Å². The number of benzene rings is 1. The van der Waals surface area contributed by atoms with Gasteiger partial charge in [0.05, 0.1) is 10.6 Å². The number of para-hydroxylation sites is 1. The predicted octanol–water partition coefficient (Wildman–Crippen LogP) is 4.26. The zero-order valence-electron chi connectivity index (χ0n) is 17.2. The van der Waals surface area contributed by atoms with Gasteiger partial charge in [0.15, 0.2) is 12.3 Å². The fourth-order valence-corrected chi connectivity index (χ4v) is 4.68. The number of rotatable bonds is 5. The van der Waals surface area contributed by atoms with Gasteiger partial charge in [0.25, 0.3) is 5.91 Å². The Morgan fingerprint density at radius 2 is 1.83 bits per heavy atom. The van der Waals surface area contributed by atoms with E-state index in [0.29, 0.717) is 36.3 Å². The minimum absolute atomic E-state index is 0.147. The largest absolute Gasteiger partial charge is 0.451 e. The van der Waals surface area contributed by atoms with Gasteiger partial charge in [-0.05, 0) is 41.8 Å². The first-order valence-corrected chi connectivity index (χ1v) is 11.0. The number of carbonyl (C=O) groups is 2. The highest BCUT2D eigenvalue weighted by Gasteiger charge is 2.27. The maximum Gasteiger partial charge on any atom is 0.357 e. The third-order valence-electron chi connectivity index (χ3n) is 5.24. The van der Waals surface area contributed by atoms with Gasteiger partial charge in [0.1, 0.15) is 5.69 Å². The highest BCUT2D eigenvalue weighted by atomic mass is 32.1. The van der Waals surface area contributed by atoms with Crippen molar-refractivity contribution in [2.75, 3.05) is 19.7 Å². The Kier molecular flexibility index (Phi) is 5.99. The summed E-state index contributed by atoms with van der Waals surface area (Å²) >= 11 is 1.55. The number of amides is 1. The molecule has 2 aromatic heterocycles. The molecule has 0 spiro atoms. The number of hydrogen-bond acceptors (Lipinski definition) is 5. The molecule has 2 unspecified atom stereocenters. The second-order valence-electron chi connectivity index (χ2n) is 7.96. The second-order valence-corrected chi connectivity index (χ2v) is 8.91. The number of piperidine rings is 1. The molecular weight excluding hydrogens is 398 g/mol. The number of esters is 1. The van der Waals surface area contributed by atoms with Gasteiger partial charge >= 0.3 is 5.97 Å². The van der Waals surface area contributed by atoms with Crippen molar-refractivity contribution < 1.29 is 14.3 Å². The first kappa shape index (κ1) is 20.3. The molecule has 6 nitrogen and oxygen atoms in total. The lowest BCUT2D eigenvalue weighted by atomic mass is 9.92. The number of likely N-dealkylation sites (tertiary alicyclic amines) is 1. The molecule has 1 aromatic carbocycles. The number of carbonyl (C=O) groups excluding carboxylic acids is 2. The van der Waals surface area contributed by atoms with Crippen molar-refractivity contribution in [2.24, 2.45) is 11.8 Å². The molecule has 0 bridgehead atoms. The van der Waals surface area contributed by atoms with Crippen molar-refractivity contribution in [1.29, 1.82) is 0 Å². The van der Waals surface area contributed by atoms with Crippen LogP contribution in [-0.4, -0.2) is 46.3 Å². The van der Waals surface area contributed by atoms with Gasteiger partial charge in [-0.2, -0.15) is 5.10 Å². The van der Waals surface area contributed by atoms with Crippen molar-refractivity contribution in [1.82, 2.24) is 14.7 Å². The Hall–Kier alpha value is -2.93. The fraction of sp³-hybridized carbons (Fsp3) is 0.348. The highest BCUT2D eigenvalue weighted by Crippen LogP contribution is 2.26. The van der Waals surface area contributed by atoms with Gasteiger partial charge in [-0.25, -0.2) is 9.48 Å². The van der Waals surface area contributed by atoms with E-state index in [1.807, 2.05) is 47.8 Å². The van der Waals surface area contributed by atoms with E-state index in [9.17, 15) is 9.59 Å². The lowest BCUT2D eigenvalue weighted by molar-refractivity contribution is -0.137. The van der Waals surface area contributed by atoms with Gasteiger partial charge in [0, 0.05) is 19.2 Å². The molecule has 0 N–H and O–H groups in total. The van der Waals surface area contributed by atoms with E-state index in [0.717, 1.165) is 17.0 Å². The molecule has 30 heavy (non-hydrogen) atoms. The van der Waals surface area contributed by atoms with Crippen LogP contribution in [0.5, 0.6) is 0 Å². The van der Waals surface area contributed by atoms with Crippen LogP contribution in [0.4, 0.5) is 0 Å². The molecule has 1 amide bonds. The molecule has 1 saturated heterocycles. The van der Waals surface area contributed by atoms with Crippen LogP contribution in [0.1, 0.15) is 30.8 Å². The third-order valence-corrected chi connectivity index (χ3v) is 6.13. The van der Waals surface area contributed by atoms with E-state index in [2.05, 4.69) is 18.9 Å². The summed E-state index contributed by atoms with van der Waals surface area (Å²) in [6.45, 7) is 5.46. The van der Waals surface area contributed by atoms with Gasteiger partial charge in [-0.3, -0.25) is 4.79 Å². The topological polar surface area (TPSA) is 64.4 Å². The molecule has 7 heteroatoms. The minimum Gasteiger partial charge on any atom is -0.451 e. The molecule has 4 rings (SSSR count). The number of aromatic nitrogens is 2. The average molecular weight is 424 g/mol. The Morgan fingerprint density at radius 3 is 2.50 bits per heavy atom. The number of hydrogen-bond donors (Lipinski definition) is 0. The zero-order valence-corrected chi connectivity index (χ0v) is 18.0. The molecule has 0 radical (unpaired) electrons. The smallest absolute Gasteiger partial charge is 0.357 e. The zero-order chi connectivity index (χ0) is 21.1. The predicted molar refractivity (Wildman–Crippen MR) is 117 cm³/mol. The van der Waals surface area contributed by atoms with Gasteiger partial charge in [-0.15, -0.1) is 11.3 Å². The molecule has 2 atom stereocenters. The molecular formula is C23H25N3O3S. The third kappa shape index (κ3) is 4.46. The normalized spacial score (nSPS) is 18.9. The SMILES string of the molecule is CC1CC(C)CN(C(=O)COC(=O)c2cc(-c3cccs3)nn2-c2ccccc2)C1. The minimum atomic E-state index is -0.555. The van der Waals surface area contributed by atoms with Crippen molar-refractivity contribution in [2.45, 2.75) is 20.3 Å². The summed E-state index contributed by atoms with van der Waals surface area (Å²) in [5.41, 5.74) is 1.76. The van der Waals surface area contributed by atoms with Crippen LogP contribution in [0.15, 0.2) is 53.9 Å². The van der Waals surface area contributed by atoms with Crippen molar-refractivity contribution in [3.05, 3.63) is 59.6 Å². The van der Waals surface area contributed by atoms with Crippen LogP contribution < -0.4 is 0 Å². The number of ether oxygens (including phenoxy) is 1. The summed E-state index contributed by atoms with van der Waals surface area (Å²) < 4.78 is 7.00. The maximum atomic E-state index is 12.9. The first-order valence-electron chi connectivity index (χ1n) is 10.2. The molecule has 3 aromatic rings. The molecule has 1 aliphatic heterocycles. The van der Waals surface area contributed by atoms with E-state index < -0.39 is 5.97 Å². The second kappa shape index (κ2) is 8.83. The maximum absolute atomic E-state index is 12.9. The number of nitrogens with zero attached hydrogens (tertiary/aromatic N) is 3. The summed E-state index contributed by atoms with van der Waals surface area (Å²) in [6.07, 6.45) is 1.12. The van der Waals surface area contributed by atoms with Crippen LogP contribution in [0, 0.1) is 11.8 Å². The Bertz CT molecular complexity index is 1000. The van der Waals surface area contributed by atoms with Crippen LogP contribution in [0.3, 0.4) is 0 Å². The quantitative estimate of drug-likeness (QED) is 0.575. The van der Waals surface area contributed by atoms with Crippen molar-refractivity contribution >= 4 is 23.2 Å². The van der Waals surface area contributed by atoms with E-state index in [4.69, 9.17) is 4.74 Å². The number of thiophene rings is 1. The summed E-state index contributed by atoms with van der Waals surface area (Å²) in [6, 6.07) is 15.1. The summed E-state index contributed by atoms with van der Waals surface area (Å²) in [5, 5.41) is 6.58. The molecule has 1 aliphatic rings. The van der Waals surface area contributed by atoms with Crippen LogP contribution in [0.2, 0.25) is 0 Å². The van der Waals surface area contributed by atoms with E-state index in [-0.39, 0.29) is 12.5 Å². The molecule has 0 saturated carbocycles. The van der Waals surface area contributed by atoms with E-state index in [1.54, 1.807) is 27.0 Å². The summed E-state index contributed by atoms with van der Waals surface area (Å²) in [4.78, 5) is 28.3. The van der Waals surface area contributed by atoms with Gasteiger partial charge in [-0.1, -0.05) is 38.1 Å². The lowest BCUT2D eigenvalue weighted by Crippen LogP contribution is -2.44. The Balaban J connectivity index is 1.52. The van der Waals surface area contributed by atoms with Crippen molar-refractivity contribution in [3.63, 3.8) is 0 Å². The monoisotopic (exact) mass is 423 g/mol. The van der Waals surface area contributed by atoms with Crippen LogP contribution in [-0.2, 0) is 9.53 Å². The molecule has 3 heterocycles. The van der Waals surface area contributed by atoms with Gasteiger partial charge in [0.2, 0.25) is 0 Å². The molecule has 156 valence electrons. The van der Waals surface area contributed by atoms with Crippen LogP contribution >= 0.6 is 11.3 Å². The fourth-order valence-electron chi connectivity index (χ4n) is 4.00. The van der Waals surface area contributed by atoms with Gasteiger partial charge < -0.3 is 9.64 Å². The highest BCUT2D eigenvalue weighted by molar-refractivity contribution is 7.13. The molecule has 1 fully saturated rings. The van der Waals surface area contributed by atoms with E-state index in [1.165, 1.54) is 0 Å². The average Bonchev–Trinajstić information content (AvgIpc) is 3.41. The Morgan fingerprint density at radius 1 is 1.10 bits per heavy atom. The Labute approximate surface area is 180 Å². The van der Waals surface area contributed by atoms with E-state index >= 15 is 0 Å². The first-order chi connectivity index (χ1) is 14.5. The summed E-state index contributed by atoms with van der Waals surface area (Å²) in [5.74, 6) is 0.217. The summed E-state index contributed by atoms with van der Waals surface area (Å²) in [7, 11) is 0. The molecule has 0 aliphatic carbocycles. The lowest BCUT2D eigenvalue weighted by Gasteiger charge is -2.34. The van der Waals surface area contributed by atoms with Crippen molar-refractivity contribution in [3.8, 4) is 16.3 Å².